The van der Waals surface area contributed by atoms with E-state index in [1.165, 1.54) is 0 Å². The van der Waals surface area contributed by atoms with Gasteiger partial charge in [-0.2, -0.15) is 0 Å². The summed E-state index contributed by atoms with van der Waals surface area (Å²) in [5.74, 6) is 0.532. The third-order valence-electron chi connectivity index (χ3n) is 2.61. The second-order valence-corrected chi connectivity index (χ2v) is 3.76. The molecule has 0 radical (unpaired) electrons. The molecule has 0 aliphatic heterocycles. The number of benzene rings is 1. The van der Waals surface area contributed by atoms with Crippen LogP contribution in [0, 0.1) is 0 Å². The Bertz CT molecular complexity index is 724. The molecule has 0 amide bonds. The zero-order valence-electron chi connectivity index (χ0n) is 8.92. The van der Waals surface area contributed by atoms with Crippen LogP contribution in [0.4, 0.5) is 5.69 Å². The molecule has 0 saturated carbocycles. The van der Waals surface area contributed by atoms with Crippen LogP contribution in [0.1, 0.15) is 0 Å². The summed E-state index contributed by atoms with van der Waals surface area (Å²) in [6.07, 6.45) is 3.45. The van der Waals surface area contributed by atoms with Gasteiger partial charge >= 0.3 is 0 Å². The highest BCUT2D eigenvalue weighted by Gasteiger charge is 2.05. The van der Waals surface area contributed by atoms with E-state index >= 15 is 0 Å². The van der Waals surface area contributed by atoms with Gasteiger partial charge in [-0.05, 0) is 17.7 Å². The van der Waals surface area contributed by atoms with Crippen LogP contribution < -0.4 is 11.3 Å². The van der Waals surface area contributed by atoms with Gasteiger partial charge in [0.05, 0.1) is 5.69 Å². The lowest BCUT2D eigenvalue weighted by atomic mass is 10.1. The van der Waals surface area contributed by atoms with Crippen LogP contribution in [0.3, 0.4) is 0 Å². The quantitative estimate of drug-likeness (QED) is 0.613. The fourth-order valence-corrected chi connectivity index (χ4v) is 1.81. The molecule has 3 aromatic rings. The Labute approximate surface area is 96.5 Å². The van der Waals surface area contributed by atoms with Crippen molar-refractivity contribution in [2.75, 3.05) is 5.73 Å². The molecule has 3 rings (SSSR count). The fourth-order valence-electron chi connectivity index (χ4n) is 1.81. The van der Waals surface area contributed by atoms with Crippen LogP contribution in [0.25, 0.3) is 17.0 Å². The molecule has 0 aliphatic carbocycles. The first kappa shape index (κ1) is 9.65. The number of nitrogens with one attached hydrogen (secondary N) is 1. The third kappa shape index (κ3) is 1.57. The third-order valence-corrected chi connectivity index (χ3v) is 2.61. The summed E-state index contributed by atoms with van der Waals surface area (Å²) in [7, 11) is 0. The number of rotatable bonds is 1. The van der Waals surface area contributed by atoms with Gasteiger partial charge in [-0.1, -0.05) is 12.1 Å². The van der Waals surface area contributed by atoms with Crippen LogP contribution in [0.15, 0.2) is 47.5 Å². The summed E-state index contributed by atoms with van der Waals surface area (Å²) < 4.78 is 1.83. The average Bonchev–Trinajstić information content (AvgIpc) is 2.77. The summed E-state index contributed by atoms with van der Waals surface area (Å²) in [6.45, 7) is 0. The first-order chi connectivity index (χ1) is 8.24. The minimum atomic E-state index is -0.171. The van der Waals surface area contributed by atoms with Crippen molar-refractivity contribution in [2.24, 2.45) is 0 Å². The topological polar surface area (TPSA) is 76.2 Å². The van der Waals surface area contributed by atoms with Gasteiger partial charge in [-0.25, -0.2) is 4.98 Å². The maximum atomic E-state index is 11.5. The van der Waals surface area contributed by atoms with Crippen molar-refractivity contribution in [3.05, 3.63) is 53.1 Å². The number of anilines is 1. The molecular weight excluding hydrogens is 216 g/mol. The number of fused-ring (bicyclic) bond motifs is 1. The molecule has 17 heavy (non-hydrogen) atoms. The predicted molar refractivity (Wildman–Crippen MR) is 65.7 cm³/mol. The van der Waals surface area contributed by atoms with Crippen LogP contribution in [-0.2, 0) is 0 Å². The maximum Gasteiger partial charge on any atom is 0.252 e. The van der Waals surface area contributed by atoms with E-state index in [9.17, 15) is 4.79 Å². The lowest BCUT2D eigenvalue weighted by Crippen LogP contribution is -2.08. The van der Waals surface area contributed by atoms with E-state index in [1.807, 2.05) is 16.5 Å². The van der Waals surface area contributed by atoms with Gasteiger partial charge in [-0.15, -0.1) is 0 Å². The Morgan fingerprint density at radius 1 is 1.24 bits per heavy atom. The van der Waals surface area contributed by atoms with Crippen molar-refractivity contribution < 1.29 is 0 Å². The Hall–Kier alpha value is -2.56. The van der Waals surface area contributed by atoms with Gasteiger partial charge in [0.15, 0.2) is 0 Å². The van der Waals surface area contributed by atoms with E-state index < -0.39 is 0 Å². The standard InChI is InChI=1S/C12H10N4O/c13-9-3-1-8(2-4-9)10-7-11(17)15-12-14-5-6-16(10)12/h1-7H,13H2,(H,14,15,17). The zero-order chi connectivity index (χ0) is 11.8. The number of H-pyrrole nitrogens is 1. The number of aromatic nitrogens is 3. The highest BCUT2D eigenvalue weighted by molar-refractivity contribution is 5.64. The minimum absolute atomic E-state index is 0.171. The molecule has 1 aromatic carbocycles. The number of imidazole rings is 1. The molecule has 0 atom stereocenters. The van der Waals surface area contributed by atoms with Crippen molar-refractivity contribution in [2.45, 2.75) is 0 Å². The normalized spacial score (nSPS) is 10.8. The van der Waals surface area contributed by atoms with Crippen molar-refractivity contribution in [3.63, 3.8) is 0 Å². The molecule has 2 heterocycles. The van der Waals surface area contributed by atoms with Gasteiger partial charge in [0.25, 0.3) is 5.56 Å². The van der Waals surface area contributed by atoms with E-state index in [4.69, 9.17) is 5.73 Å². The van der Waals surface area contributed by atoms with Crippen molar-refractivity contribution in [1.82, 2.24) is 14.4 Å². The van der Waals surface area contributed by atoms with Gasteiger partial charge in [0, 0.05) is 24.1 Å². The second-order valence-electron chi connectivity index (χ2n) is 3.76. The van der Waals surface area contributed by atoms with E-state index in [0.29, 0.717) is 11.5 Å². The summed E-state index contributed by atoms with van der Waals surface area (Å²) in [6, 6.07) is 8.91. The lowest BCUT2D eigenvalue weighted by Gasteiger charge is -2.05. The van der Waals surface area contributed by atoms with E-state index in [0.717, 1.165) is 11.3 Å². The molecule has 0 unspecified atom stereocenters. The number of hydrogen-bond acceptors (Lipinski definition) is 3. The zero-order valence-corrected chi connectivity index (χ0v) is 8.92. The molecule has 84 valence electrons. The lowest BCUT2D eigenvalue weighted by molar-refractivity contribution is 1.09. The number of nitrogens with two attached hydrogens (primary N) is 1. The van der Waals surface area contributed by atoms with E-state index in [-0.39, 0.29) is 5.56 Å². The number of hydrogen-bond donors (Lipinski definition) is 2. The molecule has 0 saturated heterocycles. The SMILES string of the molecule is Nc1ccc(-c2cc(=O)[nH]c3nccn23)cc1. The number of nitrogen functional groups attached to an aromatic ring is 1. The molecule has 3 N–H and O–H groups in total. The Kier molecular flexibility index (Phi) is 1.98. The Morgan fingerprint density at radius 3 is 2.76 bits per heavy atom. The monoisotopic (exact) mass is 226 g/mol. The van der Waals surface area contributed by atoms with Crippen molar-refractivity contribution >= 4 is 11.5 Å². The molecule has 0 bridgehead atoms. The number of aromatic amines is 1. The van der Waals surface area contributed by atoms with Gasteiger partial charge < -0.3 is 5.73 Å². The highest BCUT2D eigenvalue weighted by Crippen LogP contribution is 2.19. The number of nitrogens with zero attached hydrogens (tertiary/aromatic N) is 2. The van der Waals surface area contributed by atoms with Gasteiger partial charge in [-0.3, -0.25) is 14.2 Å². The first-order valence-electron chi connectivity index (χ1n) is 5.16. The van der Waals surface area contributed by atoms with E-state index in [1.54, 1.807) is 30.6 Å². The molecule has 5 nitrogen and oxygen atoms in total. The maximum absolute atomic E-state index is 11.5. The first-order valence-corrected chi connectivity index (χ1v) is 5.16. The molecule has 0 aliphatic rings. The molecule has 5 heteroatoms. The summed E-state index contributed by atoms with van der Waals surface area (Å²) in [5, 5.41) is 0. The summed E-state index contributed by atoms with van der Waals surface area (Å²) in [4.78, 5) is 18.2. The summed E-state index contributed by atoms with van der Waals surface area (Å²) >= 11 is 0. The smallest absolute Gasteiger partial charge is 0.252 e. The molecule has 0 fully saturated rings. The second kappa shape index (κ2) is 3.48. The van der Waals surface area contributed by atoms with Crippen LogP contribution >= 0.6 is 0 Å². The van der Waals surface area contributed by atoms with Crippen LogP contribution in [0.5, 0.6) is 0 Å². The Morgan fingerprint density at radius 2 is 2.00 bits per heavy atom. The highest BCUT2D eigenvalue weighted by atomic mass is 16.1. The predicted octanol–water partition coefficient (Wildman–Crippen LogP) is 1.27. The molecule has 2 aromatic heterocycles. The fraction of sp³-hybridized carbons (Fsp3) is 0. The molecule has 0 spiro atoms. The van der Waals surface area contributed by atoms with Gasteiger partial charge in [0.1, 0.15) is 0 Å². The van der Waals surface area contributed by atoms with E-state index in [2.05, 4.69) is 9.97 Å². The average molecular weight is 226 g/mol. The largest absolute Gasteiger partial charge is 0.399 e. The Balaban J connectivity index is 2.32. The summed E-state index contributed by atoms with van der Waals surface area (Å²) in [5.41, 5.74) is 7.88. The van der Waals surface area contributed by atoms with Crippen molar-refractivity contribution in [1.29, 1.82) is 0 Å². The van der Waals surface area contributed by atoms with Crippen LogP contribution in [0.2, 0.25) is 0 Å². The van der Waals surface area contributed by atoms with Crippen molar-refractivity contribution in [3.8, 4) is 11.3 Å². The molecular formula is C12H10N4O. The van der Waals surface area contributed by atoms with Crippen LogP contribution in [-0.4, -0.2) is 14.4 Å². The minimum Gasteiger partial charge on any atom is -0.399 e. The van der Waals surface area contributed by atoms with Gasteiger partial charge in [0.2, 0.25) is 5.78 Å².